The maximum Gasteiger partial charge on any atom is 0.314 e. The zero-order chi connectivity index (χ0) is 21.3. The van der Waals surface area contributed by atoms with E-state index in [9.17, 15) is 4.79 Å². The van der Waals surface area contributed by atoms with Crippen molar-refractivity contribution >= 4 is 16.9 Å². The van der Waals surface area contributed by atoms with Crippen LogP contribution in [-0.4, -0.2) is 62.0 Å². The van der Waals surface area contributed by atoms with E-state index in [1.54, 1.807) is 12.1 Å². The van der Waals surface area contributed by atoms with Crippen molar-refractivity contribution in [3.05, 3.63) is 30.0 Å². The third-order valence-electron chi connectivity index (χ3n) is 3.65. The van der Waals surface area contributed by atoms with Crippen molar-refractivity contribution in [2.75, 3.05) is 41.2 Å². The normalized spacial score (nSPS) is 16.6. The highest BCUT2D eigenvalue weighted by atomic mass is 16.5. The van der Waals surface area contributed by atoms with Crippen molar-refractivity contribution in [3.63, 3.8) is 0 Å². The Bertz CT molecular complexity index is 834. The molecular formula is C19H29N3O2. The lowest BCUT2D eigenvalue weighted by Gasteiger charge is -2.15. The number of esters is 1. The van der Waals surface area contributed by atoms with E-state index in [1.807, 2.05) is 26.4 Å². The van der Waals surface area contributed by atoms with E-state index in [4.69, 9.17) is 10.2 Å². The SMILES string of the molecule is [2H]C([2H])(C(C)C(=O)Oc1cccc2[nH]cc(CCN(C)C)c12)C([2H])([2H])N(C)C. The summed E-state index contributed by atoms with van der Waals surface area (Å²) in [6.45, 7) is -0.145. The fraction of sp³-hybridized carbons (Fsp3) is 0.526. The summed E-state index contributed by atoms with van der Waals surface area (Å²) in [5.41, 5.74) is 1.84. The van der Waals surface area contributed by atoms with Gasteiger partial charge < -0.3 is 19.5 Å². The predicted octanol–water partition coefficient (Wildman–Crippen LogP) is 2.77. The van der Waals surface area contributed by atoms with E-state index >= 15 is 0 Å². The van der Waals surface area contributed by atoms with Crippen LogP contribution < -0.4 is 4.74 Å². The van der Waals surface area contributed by atoms with Gasteiger partial charge in [-0.25, -0.2) is 0 Å². The van der Waals surface area contributed by atoms with Crippen LogP contribution in [0.5, 0.6) is 5.75 Å². The minimum absolute atomic E-state index is 0.352. The van der Waals surface area contributed by atoms with Gasteiger partial charge in [-0.1, -0.05) is 13.0 Å². The highest BCUT2D eigenvalue weighted by Crippen LogP contribution is 2.30. The number of aromatic amines is 1. The molecule has 0 aliphatic carbocycles. The lowest BCUT2D eigenvalue weighted by Crippen LogP contribution is -2.23. The summed E-state index contributed by atoms with van der Waals surface area (Å²) in [6.07, 6.45) is 0.216. The van der Waals surface area contributed by atoms with Crippen LogP contribution in [-0.2, 0) is 11.2 Å². The fourth-order valence-corrected chi connectivity index (χ4v) is 2.33. The maximum atomic E-state index is 12.7. The van der Waals surface area contributed by atoms with Gasteiger partial charge in [-0.3, -0.25) is 4.79 Å². The second-order valence-electron chi connectivity index (χ2n) is 6.34. The van der Waals surface area contributed by atoms with Crippen LogP contribution in [0.1, 0.15) is 24.3 Å². The molecule has 2 rings (SSSR count). The summed E-state index contributed by atoms with van der Waals surface area (Å²) in [5, 5.41) is 0.793. The van der Waals surface area contributed by atoms with E-state index in [0.717, 1.165) is 34.3 Å². The van der Waals surface area contributed by atoms with Gasteiger partial charge in [0, 0.05) is 29.1 Å². The maximum absolute atomic E-state index is 12.7. The number of H-pyrrole nitrogens is 1. The summed E-state index contributed by atoms with van der Waals surface area (Å²) in [5.74, 6) is -1.75. The van der Waals surface area contributed by atoms with Crippen LogP contribution in [0, 0.1) is 5.92 Å². The fourth-order valence-electron chi connectivity index (χ4n) is 2.33. The molecule has 132 valence electrons. The number of carbonyl (C=O) groups excluding carboxylic acids is 1. The molecule has 0 saturated heterocycles. The van der Waals surface area contributed by atoms with Crippen molar-refractivity contribution in [3.8, 4) is 5.75 Å². The summed E-state index contributed by atoms with van der Waals surface area (Å²) in [6, 6.07) is 5.32. The van der Waals surface area contributed by atoms with E-state index in [-0.39, 0.29) is 0 Å². The summed E-state index contributed by atoms with van der Waals surface area (Å²) >= 11 is 0. The standard InChI is InChI=1S/C19H29N3O2/c1-14(9-11-21(2)3)19(23)24-17-8-6-7-16-18(17)15(13-20-16)10-12-22(4)5/h6-8,13-14,20H,9-12H2,1-5H3/i9D2,11D2. The first kappa shape index (κ1) is 13.4. The third kappa shape index (κ3) is 4.82. The Labute approximate surface area is 150 Å². The van der Waals surface area contributed by atoms with Crippen molar-refractivity contribution in [1.29, 1.82) is 0 Å². The first-order valence-electron chi connectivity index (χ1n) is 10.0. The molecule has 1 unspecified atom stereocenters. The molecule has 0 aliphatic heterocycles. The second-order valence-corrected chi connectivity index (χ2v) is 6.34. The van der Waals surface area contributed by atoms with Crippen LogP contribution in [0.25, 0.3) is 10.9 Å². The highest BCUT2D eigenvalue weighted by Gasteiger charge is 2.18. The molecule has 1 atom stereocenters. The topological polar surface area (TPSA) is 48.6 Å². The van der Waals surface area contributed by atoms with Gasteiger partial charge >= 0.3 is 5.97 Å². The van der Waals surface area contributed by atoms with Gasteiger partial charge in [-0.2, -0.15) is 0 Å². The Morgan fingerprint density at radius 3 is 2.71 bits per heavy atom. The van der Waals surface area contributed by atoms with Crippen LogP contribution in [0.15, 0.2) is 24.4 Å². The van der Waals surface area contributed by atoms with Crippen LogP contribution in [0.4, 0.5) is 0 Å². The number of nitrogens with one attached hydrogen (secondary N) is 1. The number of hydrogen-bond donors (Lipinski definition) is 1. The number of hydrogen-bond acceptors (Lipinski definition) is 4. The lowest BCUT2D eigenvalue weighted by molar-refractivity contribution is -0.138. The van der Waals surface area contributed by atoms with Crippen LogP contribution in [0.2, 0.25) is 0 Å². The molecule has 1 N–H and O–H groups in total. The lowest BCUT2D eigenvalue weighted by atomic mass is 10.1. The molecule has 0 fully saturated rings. The molecule has 0 bridgehead atoms. The molecule has 5 heteroatoms. The Hall–Kier alpha value is -1.85. The molecule has 0 radical (unpaired) electrons. The molecule has 0 aliphatic rings. The molecule has 1 aromatic heterocycles. The summed E-state index contributed by atoms with van der Waals surface area (Å²) in [4.78, 5) is 19.1. The van der Waals surface area contributed by atoms with Crippen LogP contribution >= 0.6 is 0 Å². The first-order valence-corrected chi connectivity index (χ1v) is 8.02. The Morgan fingerprint density at radius 1 is 1.29 bits per heavy atom. The number of carbonyl (C=O) groups is 1. The first-order chi connectivity index (χ1) is 12.9. The molecule has 1 aromatic carbocycles. The number of ether oxygens (including phenoxy) is 1. The number of fused-ring (bicyclic) bond motifs is 1. The van der Waals surface area contributed by atoms with Gasteiger partial charge in [-0.05, 0) is 65.2 Å². The smallest absolute Gasteiger partial charge is 0.314 e. The average molecular weight is 335 g/mol. The summed E-state index contributed by atoms with van der Waals surface area (Å²) < 4.78 is 38.0. The van der Waals surface area contributed by atoms with Crippen molar-refractivity contribution < 1.29 is 15.0 Å². The van der Waals surface area contributed by atoms with Gasteiger partial charge in [0.25, 0.3) is 0 Å². The van der Waals surface area contributed by atoms with E-state index in [2.05, 4.69) is 9.88 Å². The number of aromatic nitrogens is 1. The second kappa shape index (κ2) is 8.31. The zero-order valence-corrected chi connectivity index (χ0v) is 15.0. The molecule has 5 nitrogen and oxygen atoms in total. The van der Waals surface area contributed by atoms with E-state index < -0.39 is 24.8 Å². The van der Waals surface area contributed by atoms with Gasteiger partial charge in [0.2, 0.25) is 0 Å². The van der Waals surface area contributed by atoms with Gasteiger partial charge in [0.1, 0.15) is 5.75 Å². The number of likely N-dealkylation sites (N-methyl/N-ethyl adjacent to an activating group) is 1. The third-order valence-corrected chi connectivity index (χ3v) is 3.65. The molecule has 0 saturated carbocycles. The minimum Gasteiger partial charge on any atom is -0.426 e. The van der Waals surface area contributed by atoms with Gasteiger partial charge in [-0.15, -0.1) is 0 Å². The number of rotatable bonds is 8. The van der Waals surface area contributed by atoms with Gasteiger partial charge in [0.15, 0.2) is 0 Å². The number of nitrogens with zero attached hydrogens (tertiary/aromatic N) is 2. The average Bonchev–Trinajstić information content (AvgIpc) is 3.03. The molecule has 2 aromatic rings. The van der Waals surface area contributed by atoms with E-state index in [0.29, 0.717) is 5.75 Å². The highest BCUT2D eigenvalue weighted by molar-refractivity contribution is 5.91. The van der Waals surface area contributed by atoms with Crippen LogP contribution in [0.3, 0.4) is 0 Å². The molecule has 0 amide bonds. The predicted molar refractivity (Wildman–Crippen MR) is 98.5 cm³/mol. The zero-order valence-electron chi connectivity index (χ0n) is 19.0. The largest absolute Gasteiger partial charge is 0.426 e. The quantitative estimate of drug-likeness (QED) is 0.595. The Morgan fingerprint density at radius 2 is 2.04 bits per heavy atom. The van der Waals surface area contributed by atoms with Gasteiger partial charge in [0.05, 0.1) is 5.92 Å². The van der Waals surface area contributed by atoms with E-state index in [1.165, 1.54) is 21.0 Å². The monoisotopic (exact) mass is 335 g/mol. The van der Waals surface area contributed by atoms with Crippen molar-refractivity contribution in [2.24, 2.45) is 5.92 Å². The molecular weight excluding hydrogens is 302 g/mol. The van der Waals surface area contributed by atoms with Crippen molar-refractivity contribution in [2.45, 2.75) is 19.7 Å². The Kier molecular flexibility index (Phi) is 4.65. The minimum atomic E-state index is -2.44. The van der Waals surface area contributed by atoms with Crippen molar-refractivity contribution in [1.82, 2.24) is 14.8 Å². The molecule has 1 heterocycles. The molecule has 0 spiro atoms. The number of benzene rings is 1. The molecule has 24 heavy (non-hydrogen) atoms. The summed E-state index contributed by atoms with van der Waals surface area (Å²) in [7, 11) is 6.84. The Balaban J connectivity index is 2.31.